The third-order valence-corrected chi connectivity index (χ3v) is 4.08. The molecule has 2 aromatic rings. The van der Waals surface area contributed by atoms with Crippen molar-refractivity contribution >= 4 is 11.8 Å². The molecule has 0 spiro atoms. The van der Waals surface area contributed by atoms with Crippen molar-refractivity contribution in [3.63, 3.8) is 0 Å². The van der Waals surface area contributed by atoms with E-state index in [0.717, 1.165) is 18.4 Å². The molecule has 0 atom stereocenters. The highest BCUT2D eigenvalue weighted by atomic mass is 16.5. The number of esters is 1. The van der Waals surface area contributed by atoms with Crippen LogP contribution in [0, 0.1) is 0 Å². The van der Waals surface area contributed by atoms with Crippen LogP contribution in [0.25, 0.3) is 0 Å². The first-order valence-corrected chi connectivity index (χ1v) is 8.42. The Morgan fingerprint density at radius 2 is 1.38 bits per heavy atom. The molecule has 2 aromatic carbocycles. The van der Waals surface area contributed by atoms with Crippen molar-refractivity contribution in [2.45, 2.75) is 38.5 Å². The van der Waals surface area contributed by atoms with Crippen LogP contribution in [0.2, 0.25) is 0 Å². The molecule has 0 aliphatic rings. The standard InChI is InChI=1S/C21H24O3/c1-24-21(23)10-6-5-9-20(22)19-15-13-18(14-16-19)12-11-17-7-3-2-4-8-17/h2-4,7-8,13-16H,5-6,9-12H2,1H3. The second-order valence-electron chi connectivity index (χ2n) is 5.89. The van der Waals surface area contributed by atoms with Crippen molar-refractivity contribution < 1.29 is 14.3 Å². The molecule has 0 bridgehead atoms. The fourth-order valence-electron chi connectivity index (χ4n) is 2.59. The van der Waals surface area contributed by atoms with E-state index in [1.54, 1.807) is 0 Å². The van der Waals surface area contributed by atoms with Gasteiger partial charge >= 0.3 is 5.97 Å². The molecular weight excluding hydrogens is 300 g/mol. The second-order valence-corrected chi connectivity index (χ2v) is 5.89. The van der Waals surface area contributed by atoms with Crippen LogP contribution in [0.3, 0.4) is 0 Å². The quantitative estimate of drug-likeness (QED) is 0.390. The lowest BCUT2D eigenvalue weighted by molar-refractivity contribution is -0.140. The fourth-order valence-corrected chi connectivity index (χ4v) is 2.59. The van der Waals surface area contributed by atoms with E-state index in [1.165, 1.54) is 18.2 Å². The van der Waals surface area contributed by atoms with Crippen LogP contribution in [-0.4, -0.2) is 18.9 Å². The molecule has 0 fully saturated rings. The first-order chi connectivity index (χ1) is 11.7. The van der Waals surface area contributed by atoms with E-state index in [-0.39, 0.29) is 11.8 Å². The summed E-state index contributed by atoms with van der Waals surface area (Å²) in [5.74, 6) is -0.0836. The minimum atomic E-state index is -0.217. The molecule has 0 unspecified atom stereocenters. The number of hydrogen-bond acceptors (Lipinski definition) is 3. The summed E-state index contributed by atoms with van der Waals surface area (Å²) in [6.45, 7) is 0. The lowest BCUT2D eigenvalue weighted by Gasteiger charge is -2.05. The zero-order valence-corrected chi connectivity index (χ0v) is 14.2. The monoisotopic (exact) mass is 324 g/mol. The molecule has 0 aliphatic carbocycles. The number of Topliss-reactive ketones (excluding diaryl/α,β-unsaturated/α-hetero) is 1. The van der Waals surface area contributed by atoms with E-state index in [0.29, 0.717) is 25.7 Å². The van der Waals surface area contributed by atoms with Crippen molar-refractivity contribution in [3.05, 3.63) is 71.3 Å². The van der Waals surface area contributed by atoms with E-state index in [1.807, 2.05) is 30.3 Å². The van der Waals surface area contributed by atoms with Gasteiger partial charge in [0, 0.05) is 18.4 Å². The van der Waals surface area contributed by atoms with Crippen molar-refractivity contribution in [3.8, 4) is 0 Å². The van der Waals surface area contributed by atoms with Gasteiger partial charge in [0.1, 0.15) is 0 Å². The molecule has 0 radical (unpaired) electrons. The number of rotatable bonds is 9. The van der Waals surface area contributed by atoms with E-state index in [2.05, 4.69) is 29.0 Å². The molecule has 0 N–H and O–H groups in total. The minimum Gasteiger partial charge on any atom is -0.469 e. The number of unbranched alkanes of at least 4 members (excludes halogenated alkanes) is 1. The van der Waals surface area contributed by atoms with Crippen LogP contribution >= 0.6 is 0 Å². The Kier molecular flexibility index (Phi) is 7.21. The van der Waals surface area contributed by atoms with Crippen LogP contribution in [0.4, 0.5) is 0 Å². The molecule has 126 valence electrons. The Morgan fingerprint density at radius 3 is 2.00 bits per heavy atom. The van der Waals surface area contributed by atoms with E-state index in [9.17, 15) is 9.59 Å². The maximum absolute atomic E-state index is 12.1. The molecule has 24 heavy (non-hydrogen) atoms. The van der Waals surface area contributed by atoms with Gasteiger partial charge in [-0.15, -0.1) is 0 Å². The fraction of sp³-hybridized carbons (Fsp3) is 0.333. The van der Waals surface area contributed by atoms with Gasteiger partial charge in [0.2, 0.25) is 0 Å². The number of methoxy groups -OCH3 is 1. The third-order valence-electron chi connectivity index (χ3n) is 4.08. The predicted octanol–water partition coefficient (Wildman–Crippen LogP) is 4.39. The highest BCUT2D eigenvalue weighted by Crippen LogP contribution is 2.12. The van der Waals surface area contributed by atoms with Gasteiger partial charge < -0.3 is 4.74 Å². The van der Waals surface area contributed by atoms with Gasteiger partial charge in [-0.05, 0) is 36.8 Å². The molecule has 0 saturated carbocycles. The highest BCUT2D eigenvalue weighted by Gasteiger charge is 2.07. The van der Waals surface area contributed by atoms with E-state index < -0.39 is 0 Å². The van der Waals surface area contributed by atoms with Gasteiger partial charge in [-0.1, -0.05) is 54.6 Å². The summed E-state index contributed by atoms with van der Waals surface area (Å²) in [6, 6.07) is 18.3. The Hall–Kier alpha value is -2.42. The molecule has 0 heterocycles. The molecular formula is C21H24O3. The van der Waals surface area contributed by atoms with E-state index in [4.69, 9.17) is 0 Å². The number of benzene rings is 2. The Bertz CT molecular complexity index is 645. The van der Waals surface area contributed by atoms with Crippen LogP contribution in [0.5, 0.6) is 0 Å². The van der Waals surface area contributed by atoms with Gasteiger partial charge in [0.05, 0.1) is 7.11 Å². The normalized spacial score (nSPS) is 10.4. The smallest absolute Gasteiger partial charge is 0.305 e. The minimum absolute atomic E-state index is 0.134. The third kappa shape index (κ3) is 5.99. The SMILES string of the molecule is COC(=O)CCCCC(=O)c1ccc(CCc2ccccc2)cc1. The highest BCUT2D eigenvalue weighted by molar-refractivity contribution is 5.96. The van der Waals surface area contributed by atoms with Gasteiger partial charge in [0.25, 0.3) is 0 Å². The Labute approximate surface area is 143 Å². The van der Waals surface area contributed by atoms with Crippen molar-refractivity contribution in [2.24, 2.45) is 0 Å². The van der Waals surface area contributed by atoms with E-state index >= 15 is 0 Å². The lowest BCUT2D eigenvalue weighted by atomic mass is 10.0. The zero-order valence-electron chi connectivity index (χ0n) is 14.2. The summed E-state index contributed by atoms with van der Waals surface area (Å²) in [7, 11) is 1.38. The molecule has 0 aromatic heterocycles. The van der Waals surface area contributed by atoms with Crippen LogP contribution in [0.1, 0.15) is 47.2 Å². The average molecular weight is 324 g/mol. The van der Waals surface area contributed by atoms with Crippen LogP contribution < -0.4 is 0 Å². The van der Waals surface area contributed by atoms with Crippen molar-refractivity contribution in [2.75, 3.05) is 7.11 Å². The van der Waals surface area contributed by atoms with Crippen LogP contribution in [-0.2, 0) is 22.4 Å². The van der Waals surface area contributed by atoms with Gasteiger partial charge in [-0.3, -0.25) is 9.59 Å². The number of ketones is 1. The number of carbonyl (C=O) groups excluding carboxylic acids is 2. The molecule has 0 saturated heterocycles. The van der Waals surface area contributed by atoms with Crippen LogP contribution in [0.15, 0.2) is 54.6 Å². The Morgan fingerprint density at radius 1 is 0.792 bits per heavy atom. The number of aryl methyl sites for hydroxylation is 2. The molecule has 2 rings (SSSR count). The molecule has 3 nitrogen and oxygen atoms in total. The largest absolute Gasteiger partial charge is 0.469 e. The van der Waals surface area contributed by atoms with Gasteiger partial charge in [0.15, 0.2) is 5.78 Å². The maximum atomic E-state index is 12.1. The number of carbonyl (C=O) groups is 2. The lowest BCUT2D eigenvalue weighted by Crippen LogP contribution is -2.02. The number of hydrogen-bond donors (Lipinski definition) is 0. The first kappa shape index (κ1) is 17.9. The molecule has 3 heteroatoms. The van der Waals surface area contributed by atoms with Gasteiger partial charge in [-0.25, -0.2) is 0 Å². The van der Waals surface area contributed by atoms with Crippen molar-refractivity contribution in [1.29, 1.82) is 0 Å². The molecule has 0 aliphatic heterocycles. The average Bonchev–Trinajstić information content (AvgIpc) is 2.64. The first-order valence-electron chi connectivity index (χ1n) is 8.42. The second kappa shape index (κ2) is 9.66. The summed E-state index contributed by atoms with van der Waals surface area (Å²) in [5, 5.41) is 0. The summed E-state index contributed by atoms with van der Waals surface area (Å²) in [4.78, 5) is 23.2. The van der Waals surface area contributed by atoms with Crippen molar-refractivity contribution in [1.82, 2.24) is 0 Å². The summed E-state index contributed by atoms with van der Waals surface area (Å²) in [5.41, 5.74) is 3.31. The number of ether oxygens (including phenoxy) is 1. The summed E-state index contributed by atoms with van der Waals surface area (Å²) < 4.78 is 4.59. The summed E-state index contributed by atoms with van der Waals surface area (Å²) in [6.07, 6.45) is 4.22. The zero-order chi connectivity index (χ0) is 17.2. The predicted molar refractivity (Wildman–Crippen MR) is 95.1 cm³/mol. The maximum Gasteiger partial charge on any atom is 0.305 e. The Balaban J connectivity index is 1.76. The molecule has 0 amide bonds. The summed E-state index contributed by atoms with van der Waals surface area (Å²) >= 11 is 0. The van der Waals surface area contributed by atoms with Gasteiger partial charge in [-0.2, -0.15) is 0 Å². The topological polar surface area (TPSA) is 43.4 Å².